The van der Waals surface area contributed by atoms with Crippen LogP contribution in [0, 0.1) is 0 Å². The first-order valence-corrected chi connectivity index (χ1v) is 5.69. The lowest BCUT2D eigenvalue weighted by Crippen LogP contribution is -2.12. The van der Waals surface area contributed by atoms with Crippen molar-refractivity contribution in [3.63, 3.8) is 0 Å². The Morgan fingerprint density at radius 3 is 2.67 bits per heavy atom. The molecule has 3 N–H and O–H groups in total. The predicted octanol–water partition coefficient (Wildman–Crippen LogP) is 2.12. The maximum absolute atomic E-state index is 10.2. The molecule has 0 spiro atoms. The molecule has 82 valence electrons. The average Bonchev–Trinajstić information content (AvgIpc) is 2.98. The van der Waals surface area contributed by atoms with E-state index in [1.165, 1.54) is 5.56 Å². The van der Waals surface area contributed by atoms with E-state index < -0.39 is 5.60 Å². The van der Waals surface area contributed by atoms with Crippen LogP contribution in [0.1, 0.15) is 43.2 Å². The largest absolute Gasteiger partial charge is 0.385 e. The summed E-state index contributed by atoms with van der Waals surface area (Å²) in [6, 6.07) is 8.21. The standard InChI is InChI=1S/C13H19NO/c1-10(6-9-14)11-4-2-3-5-12(11)13(15)7-8-13/h2-5,10,15H,6-9,14H2,1H3. The van der Waals surface area contributed by atoms with Crippen LogP contribution in [0.5, 0.6) is 0 Å². The maximum Gasteiger partial charge on any atom is 0.0901 e. The Morgan fingerprint density at radius 1 is 1.40 bits per heavy atom. The summed E-state index contributed by atoms with van der Waals surface area (Å²) in [6.07, 6.45) is 2.78. The van der Waals surface area contributed by atoms with Crippen molar-refractivity contribution in [2.24, 2.45) is 5.73 Å². The van der Waals surface area contributed by atoms with Gasteiger partial charge in [0.1, 0.15) is 0 Å². The van der Waals surface area contributed by atoms with Crippen LogP contribution in [0.4, 0.5) is 0 Å². The molecule has 0 heterocycles. The molecule has 0 aromatic heterocycles. The number of benzene rings is 1. The Kier molecular flexibility index (Phi) is 2.81. The molecule has 0 saturated heterocycles. The molecular formula is C13H19NO. The van der Waals surface area contributed by atoms with E-state index in [9.17, 15) is 5.11 Å². The SMILES string of the molecule is CC(CCN)c1ccccc1C1(O)CC1. The Hall–Kier alpha value is -0.860. The summed E-state index contributed by atoms with van der Waals surface area (Å²) in [5.74, 6) is 0.441. The third-order valence-electron chi connectivity index (χ3n) is 3.32. The normalized spacial score (nSPS) is 19.9. The van der Waals surface area contributed by atoms with Gasteiger partial charge in [-0.25, -0.2) is 0 Å². The first-order chi connectivity index (χ1) is 7.17. The summed E-state index contributed by atoms with van der Waals surface area (Å²) < 4.78 is 0. The molecule has 2 nitrogen and oxygen atoms in total. The van der Waals surface area contributed by atoms with Crippen molar-refractivity contribution in [3.05, 3.63) is 35.4 Å². The summed E-state index contributed by atoms with van der Waals surface area (Å²) in [6.45, 7) is 2.88. The fourth-order valence-electron chi connectivity index (χ4n) is 2.14. The molecule has 0 bridgehead atoms. The topological polar surface area (TPSA) is 46.2 Å². The molecule has 0 radical (unpaired) electrons. The van der Waals surface area contributed by atoms with Gasteiger partial charge in [-0.3, -0.25) is 0 Å². The number of hydrogen-bond donors (Lipinski definition) is 2. The van der Waals surface area contributed by atoms with E-state index in [4.69, 9.17) is 5.73 Å². The molecule has 2 rings (SSSR count). The van der Waals surface area contributed by atoms with Crippen molar-refractivity contribution in [2.75, 3.05) is 6.54 Å². The highest BCUT2D eigenvalue weighted by Gasteiger charge is 2.43. The minimum Gasteiger partial charge on any atom is -0.385 e. The monoisotopic (exact) mass is 205 g/mol. The summed E-state index contributed by atoms with van der Waals surface area (Å²) >= 11 is 0. The molecule has 1 unspecified atom stereocenters. The van der Waals surface area contributed by atoms with Gasteiger partial charge in [-0.15, -0.1) is 0 Å². The fraction of sp³-hybridized carbons (Fsp3) is 0.538. The Balaban J connectivity index is 2.29. The number of rotatable bonds is 4. The van der Waals surface area contributed by atoms with Gasteiger partial charge in [0.05, 0.1) is 5.60 Å². The lowest BCUT2D eigenvalue weighted by atomic mass is 9.90. The summed E-state index contributed by atoms with van der Waals surface area (Å²) in [4.78, 5) is 0. The van der Waals surface area contributed by atoms with Crippen LogP contribution >= 0.6 is 0 Å². The van der Waals surface area contributed by atoms with Crippen LogP contribution in [-0.4, -0.2) is 11.7 Å². The van der Waals surface area contributed by atoms with Gasteiger partial charge in [0.2, 0.25) is 0 Å². The maximum atomic E-state index is 10.2. The molecule has 1 atom stereocenters. The summed E-state index contributed by atoms with van der Waals surface area (Å²) in [7, 11) is 0. The zero-order valence-corrected chi connectivity index (χ0v) is 9.24. The van der Waals surface area contributed by atoms with Gasteiger partial charge in [0.25, 0.3) is 0 Å². The van der Waals surface area contributed by atoms with Crippen molar-refractivity contribution >= 4 is 0 Å². The van der Waals surface area contributed by atoms with Crippen LogP contribution in [0.2, 0.25) is 0 Å². The molecule has 1 aromatic carbocycles. The lowest BCUT2D eigenvalue weighted by molar-refractivity contribution is 0.150. The van der Waals surface area contributed by atoms with Gasteiger partial charge in [-0.05, 0) is 42.9 Å². The van der Waals surface area contributed by atoms with E-state index in [0.717, 1.165) is 24.8 Å². The van der Waals surface area contributed by atoms with Crippen LogP contribution in [-0.2, 0) is 5.60 Å². The number of nitrogens with two attached hydrogens (primary N) is 1. The summed E-state index contributed by atoms with van der Waals surface area (Å²) in [5, 5.41) is 10.2. The number of aliphatic hydroxyl groups is 1. The first-order valence-electron chi connectivity index (χ1n) is 5.69. The highest BCUT2D eigenvalue weighted by Crippen LogP contribution is 2.47. The van der Waals surface area contributed by atoms with Crippen molar-refractivity contribution in [3.8, 4) is 0 Å². The van der Waals surface area contributed by atoms with E-state index >= 15 is 0 Å². The van der Waals surface area contributed by atoms with E-state index in [0.29, 0.717) is 12.5 Å². The average molecular weight is 205 g/mol. The van der Waals surface area contributed by atoms with Gasteiger partial charge < -0.3 is 10.8 Å². The van der Waals surface area contributed by atoms with Crippen LogP contribution < -0.4 is 5.73 Å². The molecule has 0 amide bonds. The third-order valence-corrected chi connectivity index (χ3v) is 3.32. The van der Waals surface area contributed by atoms with Crippen molar-refractivity contribution in [1.82, 2.24) is 0 Å². The van der Waals surface area contributed by atoms with Crippen molar-refractivity contribution in [2.45, 2.75) is 37.7 Å². The molecule has 2 heteroatoms. The van der Waals surface area contributed by atoms with Crippen molar-refractivity contribution < 1.29 is 5.11 Å². The van der Waals surface area contributed by atoms with Gasteiger partial charge in [-0.1, -0.05) is 31.2 Å². The molecule has 1 fully saturated rings. The van der Waals surface area contributed by atoms with E-state index in [-0.39, 0.29) is 0 Å². The van der Waals surface area contributed by atoms with E-state index in [2.05, 4.69) is 19.1 Å². The van der Waals surface area contributed by atoms with E-state index in [1.54, 1.807) is 0 Å². The van der Waals surface area contributed by atoms with Gasteiger partial charge in [-0.2, -0.15) is 0 Å². The Bertz CT molecular complexity index is 344. The second-order valence-electron chi connectivity index (χ2n) is 4.60. The second kappa shape index (κ2) is 3.95. The quantitative estimate of drug-likeness (QED) is 0.791. The van der Waals surface area contributed by atoms with E-state index in [1.807, 2.05) is 12.1 Å². The molecule has 1 aromatic rings. The minimum atomic E-state index is -0.528. The summed E-state index contributed by atoms with van der Waals surface area (Å²) in [5.41, 5.74) is 7.43. The molecule has 1 aliphatic rings. The molecule has 0 aliphatic heterocycles. The Labute approximate surface area is 91.1 Å². The van der Waals surface area contributed by atoms with Crippen molar-refractivity contribution in [1.29, 1.82) is 0 Å². The smallest absolute Gasteiger partial charge is 0.0901 e. The molecule has 1 saturated carbocycles. The number of hydrogen-bond acceptors (Lipinski definition) is 2. The molecular weight excluding hydrogens is 186 g/mol. The minimum absolute atomic E-state index is 0.441. The highest BCUT2D eigenvalue weighted by molar-refractivity contribution is 5.37. The molecule has 1 aliphatic carbocycles. The van der Waals surface area contributed by atoms with Gasteiger partial charge in [0.15, 0.2) is 0 Å². The van der Waals surface area contributed by atoms with Gasteiger partial charge in [0, 0.05) is 0 Å². The Morgan fingerprint density at radius 2 is 2.07 bits per heavy atom. The van der Waals surface area contributed by atoms with Crippen LogP contribution in [0.3, 0.4) is 0 Å². The fourth-order valence-corrected chi connectivity index (χ4v) is 2.14. The zero-order valence-electron chi connectivity index (χ0n) is 9.24. The zero-order chi connectivity index (χ0) is 10.9. The van der Waals surface area contributed by atoms with Crippen LogP contribution in [0.25, 0.3) is 0 Å². The lowest BCUT2D eigenvalue weighted by Gasteiger charge is -2.19. The molecule has 15 heavy (non-hydrogen) atoms. The second-order valence-corrected chi connectivity index (χ2v) is 4.60. The predicted molar refractivity (Wildman–Crippen MR) is 61.7 cm³/mol. The third kappa shape index (κ3) is 2.06. The van der Waals surface area contributed by atoms with Crippen LogP contribution in [0.15, 0.2) is 24.3 Å². The highest BCUT2D eigenvalue weighted by atomic mass is 16.3. The first kappa shape index (κ1) is 10.7. The van der Waals surface area contributed by atoms with Gasteiger partial charge >= 0.3 is 0 Å².